The van der Waals surface area contributed by atoms with Gasteiger partial charge >= 0.3 is 0 Å². The number of nitrogens with zero attached hydrogens (tertiary/aromatic N) is 4. The van der Waals surface area contributed by atoms with E-state index in [9.17, 15) is 10.2 Å². The highest BCUT2D eigenvalue weighted by Crippen LogP contribution is 2.56. The van der Waals surface area contributed by atoms with E-state index in [1.54, 1.807) is 0 Å². The third-order valence-electron chi connectivity index (χ3n) is 8.79. The van der Waals surface area contributed by atoms with Gasteiger partial charge in [0.25, 0.3) is 0 Å². The molecule has 170 valence electrons. The molecule has 3 heterocycles. The molecule has 2 N–H and O–H groups in total. The van der Waals surface area contributed by atoms with E-state index < -0.39 is 5.60 Å². The lowest BCUT2D eigenvalue weighted by atomic mass is 9.52. The lowest BCUT2D eigenvalue weighted by molar-refractivity contribution is -0.149. The Hall–Kier alpha value is -2.02. The minimum atomic E-state index is -0.751. The second-order valence-corrected chi connectivity index (χ2v) is 10.5. The first-order chi connectivity index (χ1) is 15.6. The highest BCUT2D eigenvalue weighted by molar-refractivity contribution is 5.48. The zero-order valence-electron chi connectivity index (χ0n) is 18.8. The maximum absolute atomic E-state index is 12.5. The monoisotopic (exact) mass is 434 g/mol. The molecule has 32 heavy (non-hydrogen) atoms. The van der Waals surface area contributed by atoms with Gasteiger partial charge in [0.05, 0.1) is 5.60 Å². The van der Waals surface area contributed by atoms with E-state index >= 15 is 0 Å². The number of piperidine rings is 1. The number of phenols is 1. The van der Waals surface area contributed by atoms with Gasteiger partial charge in [0.15, 0.2) is 0 Å². The average molecular weight is 435 g/mol. The molecule has 6 heteroatoms. The van der Waals surface area contributed by atoms with Crippen LogP contribution in [0, 0.1) is 5.92 Å². The first kappa shape index (κ1) is 20.6. The number of phenolic OH excluding ortho intramolecular Hbond substituents is 1. The fourth-order valence-electron chi connectivity index (χ4n) is 6.85. The van der Waals surface area contributed by atoms with Crippen LogP contribution in [0.2, 0.25) is 0 Å². The number of fused-ring (bicyclic) bond motifs is 1. The summed E-state index contributed by atoms with van der Waals surface area (Å²) < 4.78 is 0. The van der Waals surface area contributed by atoms with Crippen molar-refractivity contribution in [3.8, 4) is 5.75 Å². The minimum Gasteiger partial charge on any atom is -0.508 e. The number of likely N-dealkylation sites (tertiary alicyclic amines) is 2. The van der Waals surface area contributed by atoms with Gasteiger partial charge in [0, 0.05) is 49.9 Å². The molecule has 2 aliphatic heterocycles. The molecule has 1 aromatic carbocycles. The molecular weight excluding hydrogens is 400 g/mol. The van der Waals surface area contributed by atoms with Crippen LogP contribution in [-0.4, -0.2) is 74.3 Å². The summed E-state index contributed by atoms with van der Waals surface area (Å²) in [4.78, 5) is 13.9. The van der Waals surface area contributed by atoms with Crippen molar-refractivity contribution in [1.82, 2.24) is 19.8 Å². The summed E-state index contributed by atoms with van der Waals surface area (Å²) in [6.45, 7) is 4.95. The van der Waals surface area contributed by atoms with Gasteiger partial charge in [-0.15, -0.1) is 0 Å². The number of hydrogen-bond acceptors (Lipinski definition) is 6. The first-order valence-corrected chi connectivity index (χ1v) is 12.3. The van der Waals surface area contributed by atoms with Crippen molar-refractivity contribution in [2.75, 3.05) is 32.7 Å². The summed E-state index contributed by atoms with van der Waals surface area (Å²) in [6.07, 6.45) is 10.7. The number of aromatic hydroxyl groups is 1. The quantitative estimate of drug-likeness (QED) is 0.754. The fourth-order valence-corrected chi connectivity index (χ4v) is 6.85. The van der Waals surface area contributed by atoms with Crippen molar-refractivity contribution in [3.63, 3.8) is 0 Å². The molecule has 6 rings (SSSR count). The second kappa shape index (κ2) is 7.79. The van der Waals surface area contributed by atoms with E-state index in [1.165, 1.54) is 24.0 Å². The van der Waals surface area contributed by atoms with Crippen LogP contribution in [-0.2, 0) is 18.3 Å². The molecule has 2 bridgehead atoms. The Balaban J connectivity index is 1.31. The smallest absolute Gasteiger partial charge is 0.129 e. The summed E-state index contributed by atoms with van der Waals surface area (Å²) in [6, 6.07) is 7.92. The van der Waals surface area contributed by atoms with Gasteiger partial charge in [0.1, 0.15) is 11.6 Å². The van der Waals surface area contributed by atoms with Crippen LogP contribution < -0.4 is 0 Å². The third-order valence-corrected chi connectivity index (χ3v) is 8.79. The van der Waals surface area contributed by atoms with Crippen molar-refractivity contribution in [2.45, 2.75) is 62.0 Å². The standard InChI is InChI=1S/C26H34N4O2/c31-21-5-4-20-16-23-26(32)9-14-29(12-6-24-27-10-1-11-28-24)13-7-25(26,22(20)17-21)8-15-30(23)18-19-2-3-19/h1,4-5,10-11,17,19,23,31-32H,2-3,6-9,12-16,18H2/t23-,25+,26-/m1/s1. The summed E-state index contributed by atoms with van der Waals surface area (Å²) in [7, 11) is 0. The van der Waals surface area contributed by atoms with Crippen LogP contribution in [0.5, 0.6) is 5.75 Å². The Morgan fingerprint density at radius 1 is 1.03 bits per heavy atom. The second-order valence-electron chi connectivity index (χ2n) is 10.5. The van der Waals surface area contributed by atoms with E-state index in [1.807, 2.05) is 30.6 Å². The van der Waals surface area contributed by atoms with E-state index in [0.717, 1.165) is 76.6 Å². The Bertz CT molecular complexity index is 981. The molecule has 1 aromatic heterocycles. The topological polar surface area (TPSA) is 72.7 Å². The van der Waals surface area contributed by atoms with Gasteiger partial charge in [0.2, 0.25) is 0 Å². The molecule has 4 aliphatic rings. The van der Waals surface area contributed by atoms with Gasteiger partial charge < -0.3 is 15.1 Å². The van der Waals surface area contributed by atoms with Gasteiger partial charge in [-0.3, -0.25) is 4.90 Å². The van der Waals surface area contributed by atoms with Gasteiger partial charge in [-0.2, -0.15) is 0 Å². The Morgan fingerprint density at radius 3 is 2.62 bits per heavy atom. The molecule has 1 saturated carbocycles. The van der Waals surface area contributed by atoms with Crippen LogP contribution >= 0.6 is 0 Å². The van der Waals surface area contributed by atoms with Gasteiger partial charge in [-0.1, -0.05) is 6.07 Å². The van der Waals surface area contributed by atoms with E-state index in [0.29, 0.717) is 5.75 Å². The van der Waals surface area contributed by atoms with Gasteiger partial charge in [-0.05, 0) is 86.9 Å². The highest BCUT2D eigenvalue weighted by atomic mass is 16.3. The lowest BCUT2D eigenvalue weighted by Gasteiger charge is -2.61. The zero-order chi connectivity index (χ0) is 21.8. The minimum absolute atomic E-state index is 0.172. The molecular formula is C26H34N4O2. The predicted molar refractivity (Wildman–Crippen MR) is 123 cm³/mol. The van der Waals surface area contributed by atoms with Crippen LogP contribution in [0.4, 0.5) is 0 Å². The summed E-state index contributed by atoms with van der Waals surface area (Å²) in [5.74, 6) is 2.03. The SMILES string of the molecule is Oc1ccc2c(c1)[C@@]13CCN(CCc4ncccn4)CC[C@@]1(O)[C@@H](C2)N(CC1CC1)CC3. The molecule has 6 nitrogen and oxygen atoms in total. The van der Waals surface area contributed by atoms with Crippen LogP contribution in [0.25, 0.3) is 0 Å². The van der Waals surface area contributed by atoms with Crippen molar-refractivity contribution in [3.05, 3.63) is 53.6 Å². The summed E-state index contributed by atoms with van der Waals surface area (Å²) >= 11 is 0. The summed E-state index contributed by atoms with van der Waals surface area (Å²) in [5, 5.41) is 22.9. The molecule has 0 radical (unpaired) electrons. The van der Waals surface area contributed by atoms with Crippen molar-refractivity contribution in [2.24, 2.45) is 5.92 Å². The Morgan fingerprint density at radius 2 is 1.81 bits per heavy atom. The molecule has 3 fully saturated rings. The molecule has 0 spiro atoms. The molecule has 0 unspecified atom stereocenters. The number of rotatable bonds is 5. The zero-order valence-corrected chi connectivity index (χ0v) is 18.8. The Kier molecular flexibility index (Phi) is 5.01. The molecule has 2 aromatic rings. The lowest BCUT2D eigenvalue weighted by Crippen LogP contribution is -2.71. The van der Waals surface area contributed by atoms with E-state index in [2.05, 4.69) is 25.8 Å². The normalized spacial score (nSPS) is 32.7. The summed E-state index contributed by atoms with van der Waals surface area (Å²) in [5.41, 5.74) is 1.50. The van der Waals surface area contributed by atoms with E-state index in [-0.39, 0.29) is 11.5 Å². The highest BCUT2D eigenvalue weighted by Gasteiger charge is 2.63. The molecule has 2 aliphatic carbocycles. The van der Waals surface area contributed by atoms with Crippen molar-refractivity contribution < 1.29 is 10.2 Å². The van der Waals surface area contributed by atoms with Gasteiger partial charge in [-0.25, -0.2) is 9.97 Å². The van der Waals surface area contributed by atoms with Crippen molar-refractivity contribution in [1.29, 1.82) is 0 Å². The maximum atomic E-state index is 12.5. The van der Waals surface area contributed by atoms with Crippen LogP contribution in [0.3, 0.4) is 0 Å². The number of aliphatic hydroxyl groups is 1. The molecule has 3 atom stereocenters. The average Bonchev–Trinajstić information content (AvgIpc) is 3.63. The Labute approximate surface area is 190 Å². The molecule has 0 amide bonds. The largest absolute Gasteiger partial charge is 0.508 e. The fraction of sp³-hybridized carbons (Fsp3) is 0.615. The predicted octanol–water partition coefficient (Wildman–Crippen LogP) is 2.53. The van der Waals surface area contributed by atoms with Crippen LogP contribution in [0.1, 0.15) is 49.1 Å². The third kappa shape index (κ3) is 3.35. The number of hydrogen-bond donors (Lipinski definition) is 2. The van der Waals surface area contributed by atoms with Crippen molar-refractivity contribution >= 4 is 0 Å². The molecule has 2 saturated heterocycles. The number of aromatic nitrogens is 2. The van der Waals surface area contributed by atoms with Crippen LogP contribution in [0.15, 0.2) is 36.7 Å². The number of benzene rings is 1. The van der Waals surface area contributed by atoms with E-state index in [4.69, 9.17) is 0 Å². The first-order valence-electron chi connectivity index (χ1n) is 12.3. The maximum Gasteiger partial charge on any atom is 0.129 e.